The van der Waals surface area contributed by atoms with Crippen molar-refractivity contribution >= 4 is 23.2 Å². The van der Waals surface area contributed by atoms with Crippen molar-refractivity contribution in [3.8, 4) is 0 Å². The number of hydrogen-bond donors (Lipinski definition) is 1. The number of amides is 2. The van der Waals surface area contributed by atoms with E-state index >= 15 is 0 Å². The molecule has 1 aromatic carbocycles. The Bertz CT molecular complexity index is 963. The maximum Gasteiger partial charge on any atom is 0.253 e. The molecule has 1 aromatic rings. The van der Waals surface area contributed by atoms with E-state index in [4.69, 9.17) is 0 Å². The van der Waals surface area contributed by atoms with Crippen molar-refractivity contribution in [1.82, 2.24) is 14.7 Å². The van der Waals surface area contributed by atoms with Crippen LogP contribution in [0.1, 0.15) is 32.1 Å². The highest BCUT2D eigenvalue weighted by Gasteiger charge is 2.34. The minimum Gasteiger partial charge on any atom is -0.320 e. The van der Waals surface area contributed by atoms with Gasteiger partial charge in [-0.25, -0.2) is 0 Å². The first-order valence-electron chi connectivity index (χ1n) is 12.4. The molecule has 0 aromatic heterocycles. The Morgan fingerprint density at radius 3 is 2.76 bits per heavy atom. The number of nitrogens with zero attached hydrogens (tertiary/aromatic N) is 4. The summed E-state index contributed by atoms with van der Waals surface area (Å²) in [4.78, 5) is 35.9. The molecule has 7 heteroatoms. The minimum absolute atomic E-state index is 0.0447. The van der Waals surface area contributed by atoms with Crippen LogP contribution in [0.2, 0.25) is 0 Å². The zero-order chi connectivity index (χ0) is 22.8. The van der Waals surface area contributed by atoms with Crippen LogP contribution in [-0.4, -0.2) is 85.4 Å². The average molecular weight is 450 g/mol. The van der Waals surface area contributed by atoms with Gasteiger partial charge in [-0.15, -0.1) is 0 Å². The first kappa shape index (κ1) is 22.3. The number of carbonyl (C=O) groups excluding carboxylic acids is 2. The summed E-state index contributed by atoms with van der Waals surface area (Å²) in [7, 11) is 2.18. The number of likely N-dealkylation sites (N-methyl/N-ethyl adjacent to an activating group) is 1. The van der Waals surface area contributed by atoms with Gasteiger partial charge in [0.1, 0.15) is 0 Å². The number of nitrogens with one attached hydrogen (secondary N) is 1. The van der Waals surface area contributed by atoms with Crippen LogP contribution in [0.25, 0.3) is 0 Å². The minimum atomic E-state index is -0.0944. The average Bonchev–Trinajstić information content (AvgIpc) is 2.95. The van der Waals surface area contributed by atoms with Gasteiger partial charge in [-0.1, -0.05) is 24.6 Å². The van der Waals surface area contributed by atoms with Crippen molar-refractivity contribution in [3.63, 3.8) is 0 Å². The molecular weight excluding hydrogens is 414 g/mol. The molecule has 7 nitrogen and oxygen atoms in total. The Morgan fingerprint density at radius 2 is 1.91 bits per heavy atom. The predicted octanol–water partition coefficient (Wildman–Crippen LogP) is 2.68. The van der Waals surface area contributed by atoms with Crippen LogP contribution < -0.4 is 10.2 Å². The molecule has 3 heterocycles. The molecule has 1 aliphatic carbocycles. The fraction of sp³-hybridized carbons (Fsp3) is 0.538. The van der Waals surface area contributed by atoms with Crippen molar-refractivity contribution in [1.29, 1.82) is 0 Å². The van der Waals surface area contributed by atoms with Crippen LogP contribution in [0.3, 0.4) is 0 Å². The van der Waals surface area contributed by atoms with E-state index in [-0.39, 0.29) is 11.8 Å². The molecule has 4 aliphatic rings. The van der Waals surface area contributed by atoms with E-state index < -0.39 is 0 Å². The summed E-state index contributed by atoms with van der Waals surface area (Å²) in [6, 6.07) is 8.05. The highest BCUT2D eigenvalue weighted by molar-refractivity contribution is 6.13. The quantitative estimate of drug-likeness (QED) is 0.766. The monoisotopic (exact) mass is 449 g/mol. The number of hydrogen-bond acceptors (Lipinski definition) is 5. The van der Waals surface area contributed by atoms with Gasteiger partial charge in [-0.3, -0.25) is 24.3 Å². The lowest BCUT2D eigenvalue weighted by Crippen LogP contribution is -2.53. The van der Waals surface area contributed by atoms with Gasteiger partial charge >= 0.3 is 0 Å². The van der Waals surface area contributed by atoms with Gasteiger partial charge in [0.15, 0.2) is 0 Å². The Labute approximate surface area is 196 Å². The van der Waals surface area contributed by atoms with Gasteiger partial charge in [-0.05, 0) is 57.5 Å². The van der Waals surface area contributed by atoms with E-state index in [1.54, 1.807) is 4.90 Å². The molecule has 3 aliphatic heterocycles. The summed E-state index contributed by atoms with van der Waals surface area (Å²) < 4.78 is 0. The normalized spacial score (nSPS) is 24.8. The molecule has 0 radical (unpaired) electrons. The molecule has 176 valence electrons. The van der Waals surface area contributed by atoms with Crippen molar-refractivity contribution in [2.45, 2.75) is 38.1 Å². The highest BCUT2D eigenvalue weighted by Crippen LogP contribution is 2.36. The van der Waals surface area contributed by atoms with Gasteiger partial charge in [0.05, 0.1) is 23.6 Å². The van der Waals surface area contributed by atoms with Crippen molar-refractivity contribution in [2.24, 2.45) is 0 Å². The zero-order valence-corrected chi connectivity index (χ0v) is 19.6. The van der Waals surface area contributed by atoms with Crippen LogP contribution in [-0.2, 0) is 9.59 Å². The van der Waals surface area contributed by atoms with E-state index in [1.807, 2.05) is 30.3 Å². The largest absolute Gasteiger partial charge is 0.320 e. The van der Waals surface area contributed by atoms with Crippen LogP contribution in [0.4, 0.5) is 11.4 Å². The van der Waals surface area contributed by atoms with Crippen LogP contribution in [0.5, 0.6) is 0 Å². The lowest BCUT2D eigenvalue weighted by atomic mass is 9.99. The standard InChI is InChI=1S/C26H35N5O2/c1-28-14-16-29(17-15-28)18-20-8-6-7-13-30(20)19-25(32)31-23-11-4-2-9-21(23)26(33)27-22-10-3-5-12-24(22)31/h3-5,10-12,20H,2,6-9,13-19H2,1H3,(H,27,33). The maximum absolute atomic E-state index is 13.9. The van der Waals surface area contributed by atoms with Crippen LogP contribution >= 0.6 is 0 Å². The molecule has 0 bridgehead atoms. The van der Waals surface area contributed by atoms with E-state index in [9.17, 15) is 9.59 Å². The van der Waals surface area contributed by atoms with E-state index in [0.717, 1.165) is 69.9 Å². The summed E-state index contributed by atoms with van der Waals surface area (Å²) >= 11 is 0. The number of piperazine rings is 1. The number of anilines is 2. The molecule has 33 heavy (non-hydrogen) atoms. The first-order valence-corrected chi connectivity index (χ1v) is 12.4. The third-order valence-electron chi connectivity index (χ3n) is 7.46. The molecule has 1 atom stereocenters. The number of para-hydroxylation sites is 2. The fourth-order valence-corrected chi connectivity index (χ4v) is 5.51. The van der Waals surface area contributed by atoms with Crippen molar-refractivity contribution < 1.29 is 9.59 Å². The molecule has 1 N–H and O–H groups in total. The Morgan fingerprint density at radius 1 is 1.09 bits per heavy atom. The molecular formula is C26H35N5O2. The number of carbonyl (C=O) groups is 2. The Balaban J connectivity index is 1.38. The molecule has 0 saturated carbocycles. The third-order valence-corrected chi connectivity index (χ3v) is 7.46. The van der Waals surface area contributed by atoms with Crippen molar-refractivity contribution in [2.75, 3.05) is 63.1 Å². The highest BCUT2D eigenvalue weighted by atomic mass is 16.2. The van der Waals surface area contributed by atoms with E-state index in [2.05, 4.69) is 33.1 Å². The molecule has 0 spiro atoms. The summed E-state index contributed by atoms with van der Waals surface area (Å²) in [5, 5.41) is 3.03. The molecule has 1 unspecified atom stereocenters. The van der Waals surface area contributed by atoms with Gasteiger partial charge < -0.3 is 10.2 Å². The fourth-order valence-electron chi connectivity index (χ4n) is 5.51. The number of likely N-dealkylation sites (tertiary alicyclic amines) is 1. The van der Waals surface area contributed by atoms with Gasteiger partial charge in [0.25, 0.3) is 5.91 Å². The molecule has 2 amide bonds. The number of benzene rings is 1. The summed E-state index contributed by atoms with van der Waals surface area (Å²) in [5.74, 6) is -0.0497. The first-order chi connectivity index (χ1) is 16.1. The second-order valence-corrected chi connectivity index (χ2v) is 9.73. The SMILES string of the molecule is CN1CCN(CC2CCCCN2CC(=O)N2C3=C(CCC=C3)C(=O)Nc3ccccc32)CC1. The second-order valence-electron chi connectivity index (χ2n) is 9.73. The topological polar surface area (TPSA) is 59.1 Å². The molecule has 5 rings (SSSR count). The van der Waals surface area contributed by atoms with Gasteiger partial charge in [-0.2, -0.15) is 0 Å². The number of piperidine rings is 1. The molecule has 2 fully saturated rings. The van der Waals surface area contributed by atoms with E-state index in [1.165, 1.54) is 6.42 Å². The van der Waals surface area contributed by atoms with Gasteiger partial charge in [0, 0.05) is 44.3 Å². The van der Waals surface area contributed by atoms with Gasteiger partial charge in [0.2, 0.25) is 5.91 Å². The smallest absolute Gasteiger partial charge is 0.253 e. The Hall–Kier alpha value is -2.48. The maximum atomic E-state index is 13.9. The summed E-state index contributed by atoms with van der Waals surface area (Å²) in [6.07, 6.45) is 9.01. The number of rotatable bonds is 4. The van der Waals surface area contributed by atoms with Crippen LogP contribution in [0, 0.1) is 0 Å². The number of fused-ring (bicyclic) bond motifs is 1. The third kappa shape index (κ3) is 4.76. The van der Waals surface area contributed by atoms with E-state index in [0.29, 0.717) is 30.3 Å². The summed E-state index contributed by atoms with van der Waals surface area (Å²) in [6.45, 7) is 6.79. The Kier molecular flexibility index (Phi) is 6.62. The van der Waals surface area contributed by atoms with Crippen LogP contribution in [0.15, 0.2) is 47.7 Å². The lowest BCUT2D eigenvalue weighted by Gasteiger charge is -2.41. The predicted molar refractivity (Wildman–Crippen MR) is 131 cm³/mol. The zero-order valence-electron chi connectivity index (χ0n) is 19.6. The number of allylic oxidation sites excluding steroid dienone is 2. The summed E-state index contributed by atoms with van der Waals surface area (Å²) in [5.41, 5.74) is 2.90. The lowest BCUT2D eigenvalue weighted by molar-refractivity contribution is -0.120. The molecule has 2 saturated heterocycles. The van der Waals surface area contributed by atoms with Crippen molar-refractivity contribution in [3.05, 3.63) is 47.7 Å². The second kappa shape index (κ2) is 9.79.